The maximum Gasteiger partial charge on any atom is 0.387 e. The van der Waals surface area contributed by atoms with Crippen LogP contribution in [0.15, 0.2) is 30.5 Å². The molecule has 4 atom stereocenters. The SMILES string of the molecule is Cc1nc(NCc2ccc(OC(F)F)c(F)c2)nc(N[C@@H]2C[C@H](C(C)(C)O)[C@@H](O)[C@H]2O)c1-c1nc2c(C)nccc2s1. The zero-order chi connectivity index (χ0) is 30.3. The van der Waals surface area contributed by atoms with Gasteiger partial charge in [0.2, 0.25) is 5.95 Å². The number of halogens is 3. The Hall–Kier alpha value is -3.59. The fourth-order valence-electron chi connectivity index (χ4n) is 5.18. The fourth-order valence-corrected chi connectivity index (χ4v) is 6.29. The molecule has 0 radical (unpaired) electrons. The predicted octanol–water partition coefficient (Wildman–Crippen LogP) is 4.41. The molecule has 0 aliphatic heterocycles. The van der Waals surface area contributed by atoms with E-state index in [-0.39, 0.29) is 18.9 Å². The second-order valence-electron chi connectivity index (χ2n) is 10.8. The van der Waals surface area contributed by atoms with Crippen molar-refractivity contribution in [1.29, 1.82) is 0 Å². The Kier molecular flexibility index (Phi) is 8.25. The van der Waals surface area contributed by atoms with Crippen LogP contribution in [0.4, 0.5) is 24.9 Å². The Labute approximate surface area is 243 Å². The summed E-state index contributed by atoms with van der Waals surface area (Å²) in [5.41, 5.74) is 1.86. The number of aliphatic hydroxyl groups is 3. The molecule has 5 rings (SSSR count). The molecule has 0 saturated heterocycles. The van der Waals surface area contributed by atoms with E-state index in [1.165, 1.54) is 17.4 Å². The summed E-state index contributed by atoms with van der Waals surface area (Å²) in [6.45, 7) is 3.75. The molecule has 1 aliphatic carbocycles. The minimum absolute atomic E-state index is 0.0711. The van der Waals surface area contributed by atoms with Crippen LogP contribution < -0.4 is 15.4 Å². The van der Waals surface area contributed by atoms with Crippen molar-refractivity contribution in [3.63, 3.8) is 0 Å². The fraction of sp³-hybridized carbons (Fsp3) is 0.429. The lowest BCUT2D eigenvalue weighted by molar-refractivity contribution is -0.0601. The number of aromatic nitrogens is 4. The van der Waals surface area contributed by atoms with E-state index in [0.29, 0.717) is 27.6 Å². The first-order valence-electron chi connectivity index (χ1n) is 13.2. The van der Waals surface area contributed by atoms with Crippen molar-refractivity contribution in [2.24, 2.45) is 5.92 Å². The summed E-state index contributed by atoms with van der Waals surface area (Å²) >= 11 is 1.43. The van der Waals surface area contributed by atoms with Gasteiger partial charge in [0.1, 0.15) is 22.4 Å². The van der Waals surface area contributed by atoms with Gasteiger partial charge in [-0.2, -0.15) is 13.8 Å². The number of rotatable bonds is 9. The maximum atomic E-state index is 14.2. The zero-order valence-electron chi connectivity index (χ0n) is 23.3. The van der Waals surface area contributed by atoms with Gasteiger partial charge in [0.15, 0.2) is 11.6 Å². The minimum atomic E-state index is -3.14. The van der Waals surface area contributed by atoms with E-state index in [4.69, 9.17) is 4.98 Å². The van der Waals surface area contributed by atoms with Crippen molar-refractivity contribution in [3.8, 4) is 16.3 Å². The molecule has 1 aromatic carbocycles. The molecular formula is C28H31F3N6O4S. The first-order valence-corrected chi connectivity index (χ1v) is 14.1. The first kappa shape index (κ1) is 29.9. The van der Waals surface area contributed by atoms with Crippen molar-refractivity contribution in [3.05, 3.63) is 53.2 Å². The van der Waals surface area contributed by atoms with E-state index in [9.17, 15) is 28.5 Å². The summed E-state index contributed by atoms with van der Waals surface area (Å²) < 4.78 is 44.3. The number of benzene rings is 1. The van der Waals surface area contributed by atoms with Crippen molar-refractivity contribution in [2.45, 2.75) is 71.1 Å². The Morgan fingerprint density at radius 1 is 1.10 bits per heavy atom. The van der Waals surface area contributed by atoms with Gasteiger partial charge in [0.25, 0.3) is 0 Å². The van der Waals surface area contributed by atoms with E-state index < -0.39 is 47.9 Å². The Morgan fingerprint density at radius 3 is 2.50 bits per heavy atom. The molecule has 3 aromatic heterocycles. The second kappa shape index (κ2) is 11.6. The molecule has 0 unspecified atom stereocenters. The van der Waals surface area contributed by atoms with Crippen molar-refractivity contribution in [2.75, 3.05) is 10.6 Å². The summed E-state index contributed by atoms with van der Waals surface area (Å²) in [5, 5.41) is 39.0. The van der Waals surface area contributed by atoms with Crippen molar-refractivity contribution >= 4 is 33.3 Å². The third kappa shape index (κ3) is 6.11. The standard InChI is InChI=1S/C28H31F3N6O4S/c1-12-20(25-36-21-13(2)32-8-7-19(21)42-25)24(35-17-10-15(28(3,4)40)22(38)23(17)39)37-27(34-12)33-11-14-5-6-18(16(29)9-14)41-26(30)31/h5-9,15,17,22-23,26,38-40H,10-11H2,1-4H3,(H2,33,34,35,37)/t15-,17+,22+,23-/m0/s1. The van der Waals surface area contributed by atoms with Gasteiger partial charge in [0, 0.05) is 18.7 Å². The quantitative estimate of drug-likeness (QED) is 0.186. The predicted molar refractivity (Wildman–Crippen MR) is 152 cm³/mol. The highest BCUT2D eigenvalue weighted by Gasteiger charge is 2.48. The smallest absolute Gasteiger partial charge is 0.387 e. The summed E-state index contributed by atoms with van der Waals surface area (Å²) in [6.07, 6.45) is -0.363. The van der Waals surface area contributed by atoms with Gasteiger partial charge < -0.3 is 30.7 Å². The van der Waals surface area contributed by atoms with Gasteiger partial charge in [-0.05, 0) is 57.9 Å². The Balaban J connectivity index is 1.48. The van der Waals surface area contributed by atoms with Crippen molar-refractivity contribution in [1.82, 2.24) is 19.9 Å². The number of anilines is 2. The largest absolute Gasteiger partial charge is 0.432 e. The summed E-state index contributed by atoms with van der Waals surface area (Å²) in [4.78, 5) is 18.3. The molecule has 224 valence electrons. The van der Waals surface area contributed by atoms with E-state index in [0.717, 1.165) is 28.0 Å². The number of alkyl halides is 2. The van der Waals surface area contributed by atoms with Crippen molar-refractivity contribution < 1.29 is 33.2 Å². The molecule has 42 heavy (non-hydrogen) atoms. The highest BCUT2D eigenvalue weighted by Crippen LogP contribution is 2.40. The lowest BCUT2D eigenvalue weighted by Crippen LogP contribution is -2.40. The number of hydrogen-bond acceptors (Lipinski definition) is 11. The van der Waals surface area contributed by atoms with Crippen LogP contribution in [0.3, 0.4) is 0 Å². The molecule has 14 heteroatoms. The number of thiazole rings is 1. The molecule has 1 fully saturated rings. The highest BCUT2D eigenvalue weighted by atomic mass is 32.1. The van der Waals surface area contributed by atoms with Crippen LogP contribution in [-0.4, -0.2) is 65.7 Å². The Bertz CT molecular complexity index is 1600. The molecule has 3 heterocycles. The Morgan fingerprint density at radius 2 is 1.86 bits per heavy atom. The monoisotopic (exact) mass is 604 g/mol. The molecular weight excluding hydrogens is 573 g/mol. The second-order valence-corrected chi connectivity index (χ2v) is 11.9. The lowest BCUT2D eigenvalue weighted by Gasteiger charge is -2.28. The van der Waals surface area contributed by atoms with Gasteiger partial charge in [-0.3, -0.25) is 4.98 Å². The van der Waals surface area contributed by atoms with Gasteiger partial charge >= 0.3 is 6.61 Å². The van der Waals surface area contributed by atoms with E-state index in [2.05, 4.69) is 30.3 Å². The van der Waals surface area contributed by atoms with Crippen LogP contribution >= 0.6 is 11.3 Å². The van der Waals surface area contributed by atoms with Crippen LogP contribution in [-0.2, 0) is 6.54 Å². The number of ether oxygens (including phenoxy) is 1. The molecule has 1 saturated carbocycles. The third-order valence-corrected chi connectivity index (χ3v) is 8.41. The van der Waals surface area contributed by atoms with Crippen LogP contribution in [0.2, 0.25) is 0 Å². The van der Waals surface area contributed by atoms with Crippen LogP contribution in [0.5, 0.6) is 5.75 Å². The first-order chi connectivity index (χ1) is 19.8. The average molecular weight is 605 g/mol. The lowest BCUT2D eigenvalue weighted by atomic mass is 9.88. The van der Waals surface area contributed by atoms with Crippen LogP contribution in [0.25, 0.3) is 20.8 Å². The highest BCUT2D eigenvalue weighted by molar-refractivity contribution is 7.21. The van der Waals surface area contributed by atoms with Gasteiger partial charge in [0.05, 0.1) is 39.4 Å². The molecule has 5 N–H and O–H groups in total. The number of aliphatic hydroxyl groups excluding tert-OH is 2. The van der Waals surface area contributed by atoms with E-state index in [1.54, 1.807) is 27.0 Å². The zero-order valence-corrected chi connectivity index (χ0v) is 24.1. The van der Waals surface area contributed by atoms with Crippen LogP contribution in [0, 0.1) is 25.6 Å². The minimum Gasteiger partial charge on any atom is -0.432 e. The number of nitrogens with one attached hydrogen (secondary N) is 2. The molecule has 4 aromatic rings. The summed E-state index contributed by atoms with van der Waals surface area (Å²) in [7, 11) is 0. The number of fused-ring (bicyclic) bond motifs is 1. The van der Waals surface area contributed by atoms with Gasteiger partial charge in [-0.25, -0.2) is 14.4 Å². The number of pyridine rings is 1. The van der Waals surface area contributed by atoms with Crippen LogP contribution in [0.1, 0.15) is 37.2 Å². The van der Waals surface area contributed by atoms with Gasteiger partial charge in [-0.1, -0.05) is 6.07 Å². The third-order valence-electron chi connectivity index (χ3n) is 7.37. The number of nitrogens with zero attached hydrogens (tertiary/aromatic N) is 4. The number of aryl methyl sites for hydroxylation is 2. The molecule has 0 spiro atoms. The summed E-state index contributed by atoms with van der Waals surface area (Å²) in [5.74, 6) is -1.55. The van der Waals surface area contributed by atoms with E-state index >= 15 is 0 Å². The van der Waals surface area contributed by atoms with E-state index in [1.807, 2.05) is 13.0 Å². The molecule has 0 bridgehead atoms. The summed E-state index contributed by atoms with van der Waals surface area (Å²) in [6, 6.07) is 4.86. The normalized spacial score (nSPS) is 20.8. The van der Waals surface area contributed by atoms with Gasteiger partial charge in [-0.15, -0.1) is 11.3 Å². The maximum absolute atomic E-state index is 14.2. The molecule has 10 nitrogen and oxygen atoms in total. The molecule has 0 amide bonds. The average Bonchev–Trinajstić information content (AvgIpc) is 3.46. The number of hydrogen-bond donors (Lipinski definition) is 5. The molecule has 1 aliphatic rings. The topological polar surface area (TPSA) is 146 Å².